The maximum atomic E-state index is 4.64. The molecule has 19 heavy (non-hydrogen) atoms. The largest absolute Gasteiger partial charge is 0.256 e. The monoisotopic (exact) mass is 251 g/mol. The van der Waals surface area contributed by atoms with E-state index in [2.05, 4.69) is 62.2 Å². The molecule has 1 nitrogen and oxygen atoms in total. The molecule has 0 bridgehead atoms. The minimum Gasteiger partial charge on any atom is -0.256 e. The molecular weight excluding hydrogens is 230 g/mol. The van der Waals surface area contributed by atoms with Crippen molar-refractivity contribution in [2.75, 3.05) is 0 Å². The maximum Gasteiger partial charge on any atom is 0.0685 e. The molecule has 0 N–H and O–H groups in total. The molecule has 1 heterocycles. The third kappa shape index (κ3) is 3.31. The number of rotatable bonds is 4. The standard InChI is InChI=1S/C18H21N/c1-4-5-9-14(2)18-15(3)12-17(13-19-18)16-10-7-6-8-11-16/h6-13H,4-5H2,1-3H3/b14-9-. The fourth-order valence-corrected chi connectivity index (χ4v) is 2.23. The van der Waals surface area contributed by atoms with Crippen LogP contribution in [0.5, 0.6) is 0 Å². The molecule has 1 aromatic heterocycles. The lowest BCUT2D eigenvalue weighted by atomic mass is 10.0. The summed E-state index contributed by atoms with van der Waals surface area (Å²) in [6, 6.07) is 12.6. The molecule has 1 heteroatoms. The Kier molecular flexibility index (Phi) is 4.51. The molecule has 0 atom stereocenters. The number of aryl methyl sites for hydroxylation is 1. The summed E-state index contributed by atoms with van der Waals surface area (Å²) in [6.07, 6.45) is 6.55. The van der Waals surface area contributed by atoms with Crippen LogP contribution in [0.3, 0.4) is 0 Å². The molecular formula is C18H21N. The van der Waals surface area contributed by atoms with Crippen LogP contribution in [0.4, 0.5) is 0 Å². The van der Waals surface area contributed by atoms with Crippen LogP contribution >= 0.6 is 0 Å². The van der Waals surface area contributed by atoms with Gasteiger partial charge in [0.25, 0.3) is 0 Å². The Balaban J connectivity index is 2.32. The quantitative estimate of drug-likeness (QED) is 0.722. The third-order valence-corrected chi connectivity index (χ3v) is 3.30. The molecule has 0 radical (unpaired) electrons. The summed E-state index contributed by atoms with van der Waals surface area (Å²) in [4.78, 5) is 4.64. The summed E-state index contributed by atoms with van der Waals surface area (Å²) >= 11 is 0. The van der Waals surface area contributed by atoms with Gasteiger partial charge in [0, 0.05) is 11.8 Å². The van der Waals surface area contributed by atoms with E-state index in [1.807, 2.05) is 12.3 Å². The summed E-state index contributed by atoms with van der Waals surface area (Å²) in [7, 11) is 0. The second-order valence-corrected chi connectivity index (χ2v) is 4.93. The van der Waals surface area contributed by atoms with E-state index < -0.39 is 0 Å². The molecule has 0 amide bonds. The summed E-state index contributed by atoms with van der Waals surface area (Å²) in [6.45, 7) is 6.48. The molecule has 0 fully saturated rings. The molecule has 2 rings (SSSR count). The highest BCUT2D eigenvalue weighted by atomic mass is 14.7. The van der Waals surface area contributed by atoms with E-state index in [4.69, 9.17) is 0 Å². The number of aromatic nitrogens is 1. The smallest absolute Gasteiger partial charge is 0.0685 e. The molecule has 0 aliphatic heterocycles. The lowest BCUT2D eigenvalue weighted by Gasteiger charge is -2.08. The van der Waals surface area contributed by atoms with Gasteiger partial charge in [0.1, 0.15) is 0 Å². The van der Waals surface area contributed by atoms with Gasteiger partial charge in [0.2, 0.25) is 0 Å². The van der Waals surface area contributed by atoms with Gasteiger partial charge >= 0.3 is 0 Å². The Morgan fingerprint density at radius 2 is 1.89 bits per heavy atom. The molecule has 98 valence electrons. The van der Waals surface area contributed by atoms with Crippen LogP contribution in [-0.2, 0) is 0 Å². The van der Waals surface area contributed by atoms with Crippen molar-refractivity contribution in [3.05, 3.63) is 59.9 Å². The first-order valence-electron chi connectivity index (χ1n) is 6.91. The van der Waals surface area contributed by atoms with Gasteiger partial charge in [-0.05, 0) is 43.0 Å². The normalized spacial score (nSPS) is 11.6. The van der Waals surface area contributed by atoms with Crippen molar-refractivity contribution >= 4 is 5.57 Å². The highest BCUT2D eigenvalue weighted by Gasteiger charge is 2.05. The van der Waals surface area contributed by atoms with Crippen LogP contribution in [0.15, 0.2) is 48.7 Å². The number of unbranched alkanes of at least 4 members (excludes halogenated alkanes) is 1. The van der Waals surface area contributed by atoms with Gasteiger partial charge in [-0.2, -0.15) is 0 Å². The van der Waals surface area contributed by atoms with E-state index in [9.17, 15) is 0 Å². The van der Waals surface area contributed by atoms with E-state index in [0.717, 1.165) is 12.1 Å². The lowest BCUT2D eigenvalue weighted by molar-refractivity contribution is 0.958. The Morgan fingerprint density at radius 3 is 2.53 bits per heavy atom. The highest BCUT2D eigenvalue weighted by molar-refractivity contribution is 5.68. The molecule has 2 aromatic rings. The van der Waals surface area contributed by atoms with Crippen molar-refractivity contribution in [3.8, 4) is 11.1 Å². The van der Waals surface area contributed by atoms with Gasteiger partial charge in [-0.1, -0.05) is 49.8 Å². The SMILES string of the molecule is CCC/C=C(/C)c1ncc(-c2ccccc2)cc1C. The lowest BCUT2D eigenvalue weighted by Crippen LogP contribution is -1.92. The van der Waals surface area contributed by atoms with Gasteiger partial charge in [0.05, 0.1) is 5.69 Å². The van der Waals surface area contributed by atoms with Crippen LogP contribution < -0.4 is 0 Å². The summed E-state index contributed by atoms with van der Waals surface area (Å²) in [5.41, 5.74) is 6.04. The zero-order valence-electron chi connectivity index (χ0n) is 12.0. The number of benzene rings is 1. The van der Waals surface area contributed by atoms with Crippen LogP contribution in [0.25, 0.3) is 16.7 Å². The second-order valence-electron chi connectivity index (χ2n) is 4.93. The Bertz CT molecular complexity index is 567. The van der Waals surface area contributed by atoms with E-state index in [1.165, 1.54) is 28.7 Å². The molecule has 0 saturated carbocycles. The van der Waals surface area contributed by atoms with Crippen molar-refractivity contribution in [2.24, 2.45) is 0 Å². The zero-order chi connectivity index (χ0) is 13.7. The average molecular weight is 251 g/mol. The zero-order valence-corrected chi connectivity index (χ0v) is 12.0. The van der Waals surface area contributed by atoms with Crippen LogP contribution in [0, 0.1) is 6.92 Å². The molecule has 0 aliphatic carbocycles. The molecule has 0 saturated heterocycles. The summed E-state index contributed by atoms with van der Waals surface area (Å²) < 4.78 is 0. The first kappa shape index (κ1) is 13.5. The Labute approximate surface area is 116 Å². The first-order chi connectivity index (χ1) is 9.22. The Hall–Kier alpha value is -1.89. The molecule has 0 spiro atoms. The second kappa shape index (κ2) is 6.33. The predicted molar refractivity (Wildman–Crippen MR) is 83.0 cm³/mol. The maximum absolute atomic E-state index is 4.64. The number of hydrogen-bond donors (Lipinski definition) is 0. The number of pyridine rings is 1. The van der Waals surface area contributed by atoms with Crippen molar-refractivity contribution < 1.29 is 0 Å². The number of hydrogen-bond acceptors (Lipinski definition) is 1. The van der Waals surface area contributed by atoms with Gasteiger partial charge in [-0.25, -0.2) is 0 Å². The molecule has 1 aromatic carbocycles. The summed E-state index contributed by atoms with van der Waals surface area (Å²) in [5, 5.41) is 0. The fraction of sp³-hybridized carbons (Fsp3) is 0.278. The van der Waals surface area contributed by atoms with Crippen LogP contribution in [-0.4, -0.2) is 4.98 Å². The van der Waals surface area contributed by atoms with Gasteiger partial charge in [-0.15, -0.1) is 0 Å². The average Bonchev–Trinajstić information content (AvgIpc) is 2.45. The van der Waals surface area contributed by atoms with Crippen molar-refractivity contribution in [3.63, 3.8) is 0 Å². The van der Waals surface area contributed by atoms with E-state index in [-0.39, 0.29) is 0 Å². The summed E-state index contributed by atoms with van der Waals surface area (Å²) in [5.74, 6) is 0. The number of allylic oxidation sites excluding steroid dienone is 2. The third-order valence-electron chi connectivity index (χ3n) is 3.30. The first-order valence-corrected chi connectivity index (χ1v) is 6.91. The van der Waals surface area contributed by atoms with Crippen molar-refractivity contribution in [1.29, 1.82) is 0 Å². The van der Waals surface area contributed by atoms with Crippen LogP contribution in [0.1, 0.15) is 37.9 Å². The molecule has 0 unspecified atom stereocenters. The highest BCUT2D eigenvalue weighted by Crippen LogP contribution is 2.23. The topological polar surface area (TPSA) is 12.9 Å². The van der Waals surface area contributed by atoms with Crippen molar-refractivity contribution in [1.82, 2.24) is 4.98 Å². The fourth-order valence-electron chi connectivity index (χ4n) is 2.23. The minimum atomic E-state index is 1.12. The van der Waals surface area contributed by atoms with E-state index in [1.54, 1.807) is 0 Å². The van der Waals surface area contributed by atoms with Crippen molar-refractivity contribution in [2.45, 2.75) is 33.6 Å². The predicted octanol–water partition coefficient (Wildman–Crippen LogP) is 5.26. The van der Waals surface area contributed by atoms with E-state index in [0.29, 0.717) is 0 Å². The minimum absolute atomic E-state index is 1.12. The number of nitrogens with zero attached hydrogens (tertiary/aromatic N) is 1. The van der Waals surface area contributed by atoms with Gasteiger partial charge < -0.3 is 0 Å². The van der Waals surface area contributed by atoms with E-state index >= 15 is 0 Å². The van der Waals surface area contributed by atoms with Gasteiger partial charge in [0.15, 0.2) is 0 Å². The Morgan fingerprint density at radius 1 is 1.16 bits per heavy atom. The van der Waals surface area contributed by atoms with Gasteiger partial charge in [-0.3, -0.25) is 4.98 Å². The van der Waals surface area contributed by atoms with Crippen LogP contribution in [0.2, 0.25) is 0 Å². The molecule has 0 aliphatic rings.